The van der Waals surface area contributed by atoms with Crippen LogP contribution in [-0.2, 0) is 11.3 Å². The minimum atomic E-state index is -4.71. The number of hydrogen-bond acceptors (Lipinski definition) is 2. The molecule has 118 valence electrons. The molecule has 2 rings (SSSR count). The maximum absolute atomic E-state index is 13.0. The van der Waals surface area contributed by atoms with Crippen molar-refractivity contribution in [3.8, 4) is 0 Å². The molecule has 1 aromatic rings. The third kappa shape index (κ3) is 3.68. The summed E-state index contributed by atoms with van der Waals surface area (Å²) in [6, 6.07) is 8.88. The highest BCUT2D eigenvalue weighted by molar-refractivity contribution is 5.85. The van der Waals surface area contributed by atoms with E-state index in [0.717, 1.165) is 5.56 Å². The number of rotatable bonds is 4. The summed E-state index contributed by atoms with van der Waals surface area (Å²) >= 11 is 0. The van der Waals surface area contributed by atoms with Gasteiger partial charge in [0.15, 0.2) is 5.41 Å². The van der Waals surface area contributed by atoms with Gasteiger partial charge in [0.05, 0.1) is 0 Å². The molecule has 3 nitrogen and oxygen atoms in total. The van der Waals surface area contributed by atoms with Crippen molar-refractivity contribution in [2.24, 2.45) is 5.41 Å². The van der Waals surface area contributed by atoms with E-state index < -0.39 is 30.0 Å². The molecule has 1 aromatic carbocycles. The average molecular weight is 324 g/mol. The minimum Gasteiger partial charge on any atom is -0.481 e. The van der Waals surface area contributed by atoms with Crippen molar-refractivity contribution in [3.63, 3.8) is 0 Å². The molecule has 1 aliphatic carbocycles. The van der Waals surface area contributed by atoms with Gasteiger partial charge in [-0.15, -0.1) is 12.4 Å². The normalized spacial score (nSPS) is 25.4. The topological polar surface area (TPSA) is 49.3 Å². The van der Waals surface area contributed by atoms with Crippen molar-refractivity contribution in [2.45, 2.75) is 38.0 Å². The second-order valence-corrected chi connectivity index (χ2v) is 5.19. The van der Waals surface area contributed by atoms with Crippen LogP contribution in [0.15, 0.2) is 30.3 Å². The van der Waals surface area contributed by atoms with Gasteiger partial charge < -0.3 is 10.4 Å². The van der Waals surface area contributed by atoms with E-state index in [0.29, 0.717) is 6.54 Å². The summed E-state index contributed by atoms with van der Waals surface area (Å²) in [6.45, 7) is 0.444. The molecule has 0 unspecified atom stereocenters. The first-order chi connectivity index (χ1) is 9.35. The SMILES string of the molecule is Cl.O=C(O)[C@]1(C(F)(F)F)CC[C@@H](NCc2ccccc2)C1. The molecule has 0 heterocycles. The van der Waals surface area contributed by atoms with E-state index in [1.807, 2.05) is 30.3 Å². The average Bonchev–Trinajstić information content (AvgIpc) is 2.83. The maximum atomic E-state index is 13.0. The number of alkyl halides is 3. The van der Waals surface area contributed by atoms with E-state index >= 15 is 0 Å². The molecule has 0 aliphatic heterocycles. The molecule has 2 atom stereocenters. The summed E-state index contributed by atoms with van der Waals surface area (Å²) in [7, 11) is 0. The van der Waals surface area contributed by atoms with Crippen LogP contribution < -0.4 is 5.32 Å². The molecule has 2 N–H and O–H groups in total. The van der Waals surface area contributed by atoms with Crippen LogP contribution in [0.4, 0.5) is 13.2 Å². The summed E-state index contributed by atoms with van der Waals surface area (Å²) < 4.78 is 39.0. The van der Waals surface area contributed by atoms with Crippen LogP contribution in [0, 0.1) is 5.41 Å². The number of aliphatic carboxylic acids is 1. The van der Waals surface area contributed by atoms with Crippen LogP contribution in [0.25, 0.3) is 0 Å². The summed E-state index contributed by atoms with van der Waals surface area (Å²) in [6.07, 6.45) is -5.25. The van der Waals surface area contributed by atoms with Gasteiger partial charge in [-0.1, -0.05) is 30.3 Å². The zero-order valence-electron chi connectivity index (χ0n) is 11.2. The zero-order chi connectivity index (χ0) is 14.8. The van der Waals surface area contributed by atoms with E-state index in [4.69, 9.17) is 5.11 Å². The molecule has 1 aliphatic rings. The fourth-order valence-corrected chi connectivity index (χ4v) is 2.65. The highest BCUT2D eigenvalue weighted by Crippen LogP contribution is 2.50. The van der Waals surface area contributed by atoms with Gasteiger partial charge in [-0.2, -0.15) is 13.2 Å². The molecule has 0 bridgehead atoms. The van der Waals surface area contributed by atoms with Crippen molar-refractivity contribution in [1.82, 2.24) is 5.32 Å². The summed E-state index contributed by atoms with van der Waals surface area (Å²) in [5.41, 5.74) is -1.63. The van der Waals surface area contributed by atoms with Crippen LogP contribution in [0.2, 0.25) is 0 Å². The van der Waals surface area contributed by atoms with Crippen LogP contribution in [-0.4, -0.2) is 23.3 Å². The Hall–Kier alpha value is -1.27. The van der Waals surface area contributed by atoms with Gasteiger partial charge in [0.2, 0.25) is 0 Å². The lowest BCUT2D eigenvalue weighted by molar-refractivity contribution is -0.230. The van der Waals surface area contributed by atoms with Gasteiger partial charge >= 0.3 is 12.1 Å². The third-order valence-electron chi connectivity index (χ3n) is 3.90. The Labute approximate surface area is 127 Å². The highest BCUT2D eigenvalue weighted by Gasteiger charge is 2.63. The first kappa shape index (κ1) is 17.8. The van der Waals surface area contributed by atoms with E-state index in [1.54, 1.807) is 0 Å². The Morgan fingerprint density at radius 1 is 1.33 bits per heavy atom. The summed E-state index contributed by atoms with van der Waals surface area (Å²) in [5.74, 6) is -1.77. The molecule has 0 aromatic heterocycles. The van der Waals surface area contributed by atoms with Crippen molar-refractivity contribution in [1.29, 1.82) is 0 Å². The van der Waals surface area contributed by atoms with Gasteiger partial charge in [0.25, 0.3) is 0 Å². The smallest absolute Gasteiger partial charge is 0.404 e. The Kier molecular flexibility index (Phi) is 5.64. The molecule has 0 radical (unpaired) electrons. The second kappa shape index (κ2) is 6.66. The summed E-state index contributed by atoms with van der Waals surface area (Å²) in [5, 5.41) is 12.0. The lowest BCUT2D eigenvalue weighted by atomic mass is 9.85. The number of benzene rings is 1. The largest absolute Gasteiger partial charge is 0.481 e. The predicted molar refractivity (Wildman–Crippen MR) is 74.3 cm³/mol. The van der Waals surface area contributed by atoms with Gasteiger partial charge in [-0.25, -0.2) is 0 Å². The van der Waals surface area contributed by atoms with Crippen molar-refractivity contribution in [2.75, 3.05) is 0 Å². The van der Waals surface area contributed by atoms with E-state index in [9.17, 15) is 18.0 Å². The van der Waals surface area contributed by atoms with Gasteiger partial charge in [-0.3, -0.25) is 4.79 Å². The maximum Gasteiger partial charge on any atom is 0.404 e. The predicted octanol–water partition coefficient (Wildman–Crippen LogP) is 3.38. The Bertz CT molecular complexity index is 481. The standard InChI is InChI=1S/C14H16F3NO2.ClH/c15-14(16,17)13(12(19)20)7-6-11(8-13)18-9-10-4-2-1-3-5-10;/h1-5,11,18H,6-9H2,(H,19,20);1H/t11-,13+;/m1./s1. The summed E-state index contributed by atoms with van der Waals surface area (Å²) in [4.78, 5) is 11.0. The van der Waals surface area contributed by atoms with Gasteiger partial charge in [0, 0.05) is 12.6 Å². The van der Waals surface area contributed by atoms with E-state index in [-0.39, 0.29) is 25.2 Å². The Morgan fingerprint density at radius 2 is 1.95 bits per heavy atom. The van der Waals surface area contributed by atoms with Crippen LogP contribution in [0.3, 0.4) is 0 Å². The number of carboxylic acid groups (broad SMARTS) is 1. The fraction of sp³-hybridized carbons (Fsp3) is 0.500. The number of carboxylic acids is 1. The van der Waals surface area contributed by atoms with E-state index in [1.165, 1.54) is 0 Å². The monoisotopic (exact) mass is 323 g/mol. The molecule has 0 saturated heterocycles. The van der Waals surface area contributed by atoms with E-state index in [2.05, 4.69) is 5.32 Å². The van der Waals surface area contributed by atoms with Crippen molar-refractivity contribution < 1.29 is 23.1 Å². The molecular formula is C14H17ClF3NO2. The third-order valence-corrected chi connectivity index (χ3v) is 3.90. The highest BCUT2D eigenvalue weighted by atomic mass is 35.5. The first-order valence-electron chi connectivity index (χ1n) is 6.42. The van der Waals surface area contributed by atoms with Crippen molar-refractivity contribution >= 4 is 18.4 Å². The lowest BCUT2D eigenvalue weighted by Gasteiger charge is -2.27. The number of hydrogen-bond donors (Lipinski definition) is 2. The minimum absolute atomic E-state index is 0. The number of nitrogens with one attached hydrogen (secondary N) is 1. The van der Waals surface area contributed by atoms with Crippen molar-refractivity contribution in [3.05, 3.63) is 35.9 Å². The molecular weight excluding hydrogens is 307 g/mol. The Balaban J connectivity index is 0.00000220. The van der Waals surface area contributed by atoms with Gasteiger partial charge in [0.1, 0.15) is 0 Å². The molecule has 21 heavy (non-hydrogen) atoms. The second-order valence-electron chi connectivity index (χ2n) is 5.19. The molecule has 1 saturated carbocycles. The molecule has 1 fully saturated rings. The molecule has 0 amide bonds. The van der Waals surface area contributed by atoms with Gasteiger partial charge in [-0.05, 0) is 24.8 Å². The quantitative estimate of drug-likeness (QED) is 0.893. The lowest BCUT2D eigenvalue weighted by Crippen LogP contribution is -2.44. The van der Waals surface area contributed by atoms with Crippen LogP contribution in [0.5, 0.6) is 0 Å². The molecule has 7 heteroatoms. The van der Waals surface area contributed by atoms with Crippen LogP contribution >= 0.6 is 12.4 Å². The fourth-order valence-electron chi connectivity index (χ4n) is 2.65. The number of halogens is 4. The first-order valence-corrected chi connectivity index (χ1v) is 6.42. The zero-order valence-corrected chi connectivity index (χ0v) is 12.0. The van der Waals surface area contributed by atoms with Crippen LogP contribution in [0.1, 0.15) is 24.8 Å². The Morgan fingerprint density at radius 3 is 2.43 bits per heavy atom. The number of carbonyl (C=O) groups is 1. The molecule has 0 spiro atoms.